The lowest BCUT2D eigenvalue weighted by atomic mass is 9.88. The Kier molecular flexibility index (Phi) is 6.69. The summed E-state index contributed by atoms with van der Waals surface area (Å²) in [7, 11) is 0. The van der Waals surface area contributed by atoms with Crippen LogP contribution in [-0.4, -0.2) is 29.8 Å². The van der Waals surface area contributed by atoms with E-state index in [-0.39, 0.29) is 18.4 Å². The van der Waals surface area contributed by atoms with Gasteiger partial charge < -0.3 is 15.2 Å². The molecule has 0 fully saturated rings. The molecule has 0 radical (unpaired) electrons. The molecule has 118 valence electrons. The summed E-state index contributed by atoms with van der Waals surface area (Å²) >= 11 is 0. The lowest BCUT2D eigenvalue weighted by Crippen LogP contribution is -2.45. The average molecular weight is 293 g/mol. The first-order chi connectivity index (χ1) is 9.89. The van der Waals surface area contributed by atoms with Crippen LogP contribution in [0, 0.1) is 5.92 Å². The lowest BCUT2D eigenvalue weighted by molar-refractivity contribution is -0.122. The highest BCUT2D eigenvalue weighted by Gasteiger charge is 2.27. The smallest absolute Gasteiger partial charge is 0.224 e. The standard InChI is InChI=1S/C17H27NO3/c1-5-13(3)17(4,20)12-18-16(19)11-14-7-9-15(10-8-14)21-6-2/h7-10,13,20H,5-6,11-12H2,1-4H3,(H,18,19). The highest BCUT2D eigenvalue weighted by molar-refractivity contribution is 5.78. The van der Waals surface area contributed by atoms with Crippen LogP contribution in [0.4, 0.5) is 0 Å². The molecule has 2 N–H and O–H groups in total. The molecule has 0 spiro atoms. The third-order valence-corrected chi connectivity index (χ3v) is 3.92. The summed E-state index contributed by atoms with van der Waals surface area (Å²) in [6.07, 6.45) is 1.19. The summed E-state index contributed by atoms with van der Waals surface area (Å²) in [6, 6.07) is 7.50. The highest BCUT2D eigenvalue weighted by Crippen LogP contribution is 2.19. The zero-order valence-electron chi connectivity index (χ0n) is 13.5. The minimum Gasteiger partial charge on any atom is -0.494 e. The van der Waals surface area contributed by atoms with Crippen molar-refractivity contribution in [1.29, 1.82) is 0 Å². The Balaban J connectivity index is 2.46. The Morgan fingerprint density at radius 2 is 1.95 bits per heavy atom. The van der Waals surface area contributed by atoms with E-state index < -0.39 is 5.60 Å². The van der Waals surface area contributed by atoms with E-state index in [1.807, 2.05) is 45.0 Å². The van der Waals surface area contributed by atoms with E-state index >= 15 is 0 Å². The topological polar surface area (TPSA) is 58.6 Å². The average Bonchev–Trinajstić information content (AvgIpc) is 2.46. The molecule has 1 rings (SSSR count). The molecule has 4 heteroatoms. The number of rotatable bonds is 8. The number of ether oxygens (including phenoxy) is 1. The van der Waals surface area contributed by atoms with Crippen molar-refractivity contribution in [2.45, 2.75) is 46.1 Å². The summed E-state index contributed by atoms with van der Waals surface area (Å²) in [4.78, 5) is 11.9. The van der Waals surface area contributed by atoms with Gasteiger partial charge >= 0.3 is 0 Å². The second-order valence-corrected chi connectivity index (χ2v) is 5.70. The number of hydrogen-bond donors (Lipinski definition) is 2. The van der Waals surface area contributed by atoms with E-state index in [0.29, 0.717) is 13.0 Å². The molecule has 1 aromatic rings. The molecule has 1 amide bonds. The van der Waals surface area contributed by atoms with Gasteiger partial charge in [-0.15, -0.1) is 0 Å². The number of benzene rings is 1. The molecule has 0 aliphatic heterocycles. The van der Waals surface area contributed by atoms with Gasteiger partial charge in [0, 0.05) is 6.54 Å². The van der Waals surface area contributed by atoms with Gasteiger partial charge in [0.05, 0.1) is 18.6 Å². The zero-order valence-corrected chi connectivity index (χ0v) is 13.5. The second-order valence-electron chi connectivity index (χ2n) is 5.70. The van der Waals surface area contributed by atoms with Gasteiger partial charge in [0.15, 0.2) is 0 Å². The van der Waals surface area contributed by atoms with Crippen molar-refractivity contribution in [3.05, 3.63) is 29.8 Å². The molecule has 4 nitrogen and oxygen atoms in total. The minimum atomic E-state index is -0.872. The highest BCUT2D eigenvalue weighted by atomic mass is 16.5. The molecule has 0 aromatic heterocycles. The quantitative estimate of drug-likeness (QED) is 0.774. The number of carbonyl (C=O) groups is 1. The van der Waals surface area contributed by atoms with Crippen molar-refractivity contribution >= 4 is 5.91 Å². The van der Waals surface area contributed by atoms with E-state index in [4.69, 9.17) is 4.74 Å². The maximum absolute atomic E-state index is 11.9. The molecular formula is C17H27NO3. The first-order valence-electron chi connectivity index (χ1n) is 7.59. The first kappa shape index (κ1) is 17.5. The van der Waals surface area contributed by atoms with Crippen molar-refractivity contribution < 1.29 is 14.6 Å². The van der Waals surface area contributed by atoms with Crippen LogP contribution in [0.1, 0.15) is 39.7 Å². The Bertz CT molecular complexity index is 440. The fourth-order valence-corrected chi connectivity index (χ4v) is 2.01. The summed E-state index contributed by atoms with van der Waals surface area (Å²) in [5.41, 5.74) is 0.0580. The van der Waals surface area contributed by atoms with E-state index in [2.05, 4.69) is 5.32 Å². The van der Waals surface area contributed by atoms with Crippen LogP contribution in [0.5, 0.6) is 5.75 Å². The Labute approximate surface area is 127 Å². The number of nitrogens with one attached hydrogen (secondary N) is 1. The third kappa shape index (κ3) is 5.76. The molecule has 2 atom stereocenters. The van der Waals surface area contributed by atoms with Gasteiger partial charge in [0.1, 0.15) is 5.75 Å². The van der Waals surface area contributed by atoms with E-state index in [1.165, 1.54) is 0 Å². The Morgan fingerprint density at radius 3 is 2.48 bits per heavy atom. The van der Waals surface area contributed by atoms with Gasteiger partial charge in [0.2, 0.25) is 5.91 Å². The van der Waals surface area contributed by atoms with Crippen LogP contribution in [0.25, 0.3) is 0 Å². The number of amides is 1. The lowest BCUT2D eigenvalue weighted by Gasteiger charge is -2.29. The number of hydrogen-bond acceptors (Lipinski definition) is 3. The molecule has 0 heterocycles. The van der Waals surface area contributed by atoms with Crippen LogP contribution in [0.2, 0.25) is 0 Å². The maximum Gasteiger partial charge on any atom is 0.224 e. The molecule has 0 saturated carbocycles. The van der Waals surface area contributed by atoms with E-state index in [1.54, 1.807) is 6.92 Å². The van der Waals surface area contributed by atoms with Crippen LogP contribution in [-0.2, 0) is 11.2 Å². The molecule has 1 aromatic carbocycles. The summed E-state index contributed by atoms with van der Waals surface area (Å²) < 4.78 is 5.36. The fourth-order valence-electron chi connectivity index (χ4n) is 2.01. The summed E-state index contributed by atoms with van der Waals surface area (Å²) in [5, 5.41) is 13.1. The summed E-state index contributed by atoms with van der Waals surface area (Å²) in [6.45, 7) is 8.62. The van der Waals surface area contributed by atoms with Gasteiger partial charge in [0.25, 0.3) is 0 Å². The normalized spacial score (nSPS) is 15.1. The largest absolute Gasteiger partial charge is 0.494 e. The molecule has 0 aliphatic rings. The fraction of sp³-hybridized carbons (Fsp3) is 0.588. The van der Waals surface area contributed by atoms with Gasteiger partial charge in [-0.2, -0.15) is 0 Å². The maximum atomic E-state index is 11.9. The van der Waals surface area contributed by atoms with Crippen LogP contribution < -0.4 is 10.1 Å². The molecule has 0 saturated heterocycles. The molecule has 21 heavy (non-hydrogen) atoms. The number of aliphatic hydroxyl groups is 1. The van der Waals surface area contributed by atoms with Crippen molar-refractivity contribution in [1.82, 2.24) is 5.32 Å². The van der Waals surface area contributed by atoms with E-state index in [9.17, 15) is 9.90 Å². The van der Waals surface area contributed by atoms with Gasteiger partial charge in [-0.1, -0.05) is 32.4 Å². The van der Waals surface area contributed by atoms with Gasteiger partial charge in [-0.25, -0.2) is 0 Å². The zero-order chi connectivity index (χ0) is 15.9. The molecule has 2 unspecified atom stereocenters. The Hall–Kier alpha value is -1.55. The summed E-state index contributed by atoms with van der Waals surface area (Å²) in [5.74, 6) is 0.868. The van der Waals surface area contributed by atoms with Crippen LogP contribution >= 0.6 is 0 Å². The SMILES string of the molecule is CCOc1ccc(CC(=O)NCC(C)(O)C(C)CC)cc1. The molecule has 0 aliphatic carbocycles. The Morgan fingerprint density at radius 1 is 1.33 bits per heavy atom. The van der Waals surface area contributed by atoms with Crippen LogP contribution in [0.15, 0.2) is 24.3 Å². The minimum absolute atomic E-state index is 0.0808. The van der Waals surface area contributed by atoms with Gasteiger partial charge in [-0.3, -0.25) is 4.79 Å². The van der Waals surface area contributed by atoms with Crippen molar-refractivity contribution in [3.63, 3.8) is 0 Å². The number of carbonyl (C=O) groups excluding carboxylic acids is 1. The molecule has 0 bridgehead atoms. The second kappa shape index (κ2) is 8.03. The van der Waals surface area contributed by atoms with E-state index in [0.717, 1.165) is 17.7 Å². The first-order valence-corrected chi connectivity index (χ1v) is 7.59. The third-order valence-electron chi connectivity index (χ3n) is 3.92. The van der Waals surface area contributed by atoms with Crippen molar-refractivity contribution in [2.24, 2.45) is 5.92 Å². The monoisotopic (exact) mass is 293 g/mol. The molecular weight excluding hydrogens is 266 g/mol. The predicted molar refractivity (Wildman–Crippen MR) is 84.4 cm³/mol. The predicted octanol–water partition coefficient (Wildman–Crippen LogP) is 2.54. The van der Waals surface area contributed by atoms with Crippen molar-refractivity contribution in [2.75, 3.05) is 13.2 Å². The van der Waals surface area contributed by atoms with Crippen LogP contribution in [0.3, 0.4) is 0 Å². The van der Waals surface area contributed by atoms with Gasteiger partial charge in [-0.05, 0) is 37.5 Å². The van der Waals surface area contributed by atoms with Crippen molar-refractivity contribution in [3.8, 4) is 5.75 Å².